The molecule has 0 atom stereocenters. The number of hydrogen-bond acceptors (Lipinski definition) is 4. The second-order valence-corrected chi connectivity index (χ2v) is 5.98. The van der Waals surface area contributed by atoms with E-state index >= 15 is 0 Å². The van der Waals surface area contributed by atoms with E-state index in [0.29, 0.717) is 42.5 Å². The fourth-order valence-corrected chi connectivity index (χ4v) is 3.01. The summed E-state index contributed by atoms with van der Waals surface area (Å²) in [6.45, 7) is 1.23. The van der Waals surface area contributed by atoms with E-state index in [0.717, 1.165) is 5.56 Å². The number of fused-ring (bicyclic) bond motifs is 1. The van der Waals surface area contributed by atoms with Crippen molar-refractivity contribution in [3.05, 3.63) is 28.8 Å². The quantitative estimate of drug-likeness (QED) is 0.853. The lowest BCUT2D eigenvalue weighted by molar-refractivity contribution is -0.130. The van der Waals surface area contributed by atoms with Crippen LogP contribution in [0.4, 0.5) is 0 Å². The van der Waals surface area contributed by atoms with Gasteiger partial charge in [0, 0.05) is 25.1 Å². The van der Waals surface area contributed by atoms with Gasteiger partial charge < -0.3 is 20.1 Å². The first-order valence-corrected chi connectivity index (χ1v) is 7.78. The van der Waals surface area contributed by atoms with Crippen LogP contribution in [0.15, 0.2) is 18.2 Å². The maximum absolute atomic E-state index is 12.2. The number of benzene rings is 1. The van der Waals surface area contributed by atoms with Gasteiger partial charge in [-0.2, -0.15) is 0 Å². The van der Waals surface area contributed by atoms with Crippen molar-refractivity contribution in [2.45, 2.75) is 12.8 Å². The van der Waals surface area contributed by atoms with Crippen LogP contribution in [0.2, 0.25) is 5.02 Å². The maximum atomic E-state index is 12.2. The first-order chi connectivity index (χ1) is 11.0. The summed E-state index contributed by atoms with van der Waals surface area (Å²) in [6, 6.07) is 3.50. The highest BCUT2D eigenvalue weighted by Crippen LogP contribution is 2.40. The fourth-order valence-electron chi connectivity index (χ4n) is 2.74. The zero-order valence-corrected chi connectivity index (χ0v) is 13.2. The number of ether oxygens (including phenoxy) is 2. The average molecular weight is 337 g/mol. The van der Waals surface area contributed by atoms with Gasteiger partial charge in [0.2, 0.25) is 18.6 Å². The Bertz CT molecular complexity index is 666. The van der Waals surface area contributed by atoms with Crippen molar-refractivity contribution in [3.8, 4) is 11.5 Å². The summed E-state index contributed by atoms with van der Waals surface area (Å²) in [4.78, 5) is 25.1. The number of piperidine rings is 1. The number of primary amides is 1. The number of hydrogen-bond donors (Lipinski definition) is 1. The smallest absolute Gasteiger partial charge is 0.246 e. The molecule has 0 unspecified atom stereocenters. The molecule has 0 aliphatic carbocycles. The van der Waals surface area contributed by atoms with Crippen LogP contribution in [0.5, 0.6) is 11.5 Å². The molecule has 1 fully saturated rings. The fraction of sp³-hybridized carbons (Fsp3) is 0.375. The summed E-state index contributed by atoms with van der Waals surface area (Å²) in [5, 5.41) is 0.453. The molecule has 6 nitrogen and oxygen atoms in total. The molecule has 7 heteroatoms. The van der Waals surface area contributed by atoms with Crippen LogP contribution in [-0.2, 0) is 9.59 Å². The molecular formula is C16H17ClN2O4. The Morgan fingerprint density at radius 1 is 1.26 bits per heavy atom. The summed E-state index contributed by atoms with van der Waals surface area (Å²) in [5.74, 6) is 0.593. The van der Waals surface area contributed by atoms with Crippen molar-refractivity contribution in [1.82, 2.24) is 4.90 Å². The van der Waals surface area contributed by atoms with Crippen LogP contribution in [0, 0.1) is 5.92 Å². The molecule has 0 aromatic heterocycles. The molecule has 2 N–H and O–H groups in total. The number of carbonyl (C=O) groups is 2. The summed E-state index contributed by atoms with van der Waals surface area (Å²) < 4.78 is 10.5. The molecule has 3 rings (SSSR count). The van der Waals surface area contributed by atoms with Crippen LogP contribution in [0.3, 0.4) is 0 Å². The van der Waals surface area contributed by atoms with Crippen LogP contribution < -0.4 is 15.2 Å². The van der Waals surface area contributed by atoms with Gasteiger partial charge in [0.15, 0.2) is 11.5 Å². The summed E-state index contributed by atoms with van der Waals surface area (Å²) in [6.07, 6.45) is 4.42. The predicted octanol–water partition coefficient (Wildman–Crippen LogP) is 1.81. The third-order valence-corrected chi connectivity index (χ3v) is 4.36. The molecule has 2 aliphatic rings. The van der Waals surface area contributed by atoms with E-state index in [9.17, 15) is 9.59 Å². The van der Waals surface area contributed by atoms with E-state index < -0.39 is 0 Å². The van der Waals surface area contributed by atoms with Crippen LogP contribution in [0.1, 0.15) is 18.4 Å². The van der Waals surface area contributed by atoms with Crippen LogP contribution in [0.25, 0.3) is 6.08 Å². The van der Waals surface area contributed by atoms with Crippen LogP contribution in [-0.4, -0.2) is 36.6 Å². The standard InChI is InChI=1S/C16H17ClN2O4/c17-12-7-10(8-13-15(12)23-9-22-13)1-2-14(20)19-5-3-11(4-6-19)16(18)21/h1-2,7-8,11H,3-6,9H2,(H2,18,21)/b2-1+. The highest BCUT2D eigenvalue weighted by molar-refractivity contribution is 6.32. The largest absolute Gasteiger partial charge is 0.454 e. The van der Waals surface area contributed by atoms with Gasteiger partial charge in [-0.05, 0) is 36.6 Å². The van der Waals surface area contributed by atoms with E-state index in [2.05, 4.69) is 0 Å². The molecular weight excluding hydrogens is 320 g/mol. The highest BCUT2D eigenvalue weighted by atomic mass is 35.5. The predicted molar refractivity (Wildman–Crippen MR) is 85.1 cm³/mol. The third kappa shape index (κ3) is 3.42. The summed E-state index contributed by atoms with van der Waals surface area (Å²) >= 11 is 6.11. The van der Waals surface area contributed by atoms with Gasteiger partial charge in [-0.15, -0.1) is 0 Å². The lowest BCUT2D eigenvalue weighted by Gasteiger charge is -2.29. The average Bonchev–Trinajstić information content (AvgIpc) is 3.02. The first-order valence-electron chi connectivity index (χ1n) is 7.40. The van der Waals surface area contributed by atoms with E-state index in [1.807, 2.05) is 0 Å². The van der Waals surface area contributed by atoms with Crippen molar-refractivity contribution in [3.63, 3.8) is 0 Å². The van der Waals surface area contributed by atoms with E-state index in [1.54, 1.807) is 23.1 Å². The summed E-state index contributed by atoms with van der Waals surface area (Å²) in [7, 11) is 0. The molecule has 0 spiro atoms. The van der Waals surface area contributed by atoms with Crippen molar-refractivity contribution in [1.29, 1.82) is 0 Å². The second kappa shape index (κ2) is 6.50. The zero-order valence-electron chi connectivity index (χ0n) is 12.5. The molecule has 2 heterocycles. The molecule has 2 aliphatic heterocycles. The molecule has 0 bridgehead atoms. The van der Waals surface area contributed by atoms with E-state index in [1.165, 1.54) is 6.08 Å². The van der Waals surface area contributed by atoms with Gasteiger partial charge in [-0.1, -0.05) is 11.6 Å². The minimum atomic E-state index is -0.289. The van der Waals surface area contributed by atoms with Crippen LogP contribution >= 0.6 is 11.6 Å². The third-order valence-electron chi connectivity index (χ3n) is 4.08. The number of nitrogens with zero attached hydrogens (tertiary/aromatic N) is 1. The zero-order chi connectivity index (χ0) is 16.4. The normalized spacial score (nSPS) is 17.7. The Morgan fingerprint density at radius 3 is 2.70 bits per heavy atom. The van der Waals surface area contributed by atoms with Gasteiger partial charge in [-0.3, -0.25) is 9.59 Å². The molecule has 23 heavy (non-hydrogen) atoms. The highest BCUT2D eigenvalue weighted by Gasteiger charge is 2.25. The van der Waals surface area contributed by atoms with E-state index in [4.69, 9.17) is 26.8 Å². The van der Waals surface area contributed by atoms with Crippen molar-refractivity contribution < 1.29 is 19.1 Å². The molecule has 2 amide bonds. The minimum absolute atomic E-state index is 0.0956. The number of likely N-dealkylation sites (tertiary alicyclic amines) is 1. The van der Waals surface area contributed by atoms with E-state index in [-0.39, 0.29) is 24.5 Å². The lowest BCUT2D eigenvalue weighted by atomic mass is 9.96. The van der Waals surface area contributed by atoms with Gasteiger partial charge in [0.05, 0.1) is 5.02 Å². The molecule has 0 saturated carbocycles. The van der Waals surface area contributed by atoms with Gasteiger partial charge >= 0.3 is 0 Å². The topological polar surface area (TPSA) is 81.9 Å². The van der Waals surface area contributed by atoms with Gasteiger partial charge in [0.1, 0.15) is 0 Å². The van der Waals surface area contributed by atoms with Gasteiger partial charge in [0.25, 0.3) is 0 Å². The van der Waals surface area contributed by atoms with Crippen molar-refractivity contribution in [2.24, 2.45) is 11.7 Å². The number of halogens is 1. The lowest BCUT2D eigenvalue weighted by Crippen LogP contribution is -2.41. The minimum Gasteiger partial charge on any atom is -0.454 e. The molecule has 1 aromatic rings. The molecule has 1 aromatic carbocycles. The second-order valence-electron chi connectivity index (χ2n) is 5.57. The number of carbonyl (C=O) groups excluding carboxylic acids is 2. The number of amides is 2. The Balaban J connectivity index is 1.63. The van der Waals surface area contributed by atoms with Crippen molar-refractivity contribution in [2.75, 3.05) is 19.9 Å². The Morgan fingerprint density at radius 2 is 2.00 bits per heavy atom. The molecule has 0 radical (unpaired) electrons. The monoisotopic (exact) mass is 336 g/mol. The van der Waals surface area contributed by atoms with Gasteiger partial charge in [-0.25, -0.2) is 0 Å². The number of nitrogens with two attached hydrogens (primary N) is 1. The summed E-state index contributed by atoms with van der Waals surface area (Å²) in [5.41, 5.74) is 6.05. The Kier molecular flexibility index (Phi) is 4.43. The SMILES string of the molecule is NC(=O)C1CCN(C(=O)/C=C/c2cc(Cl)c3c(c2)OCO3)CC1. The van der Waals surface area contributed by atoms with Crippen molar-refractivity contribution >= 4 is 29.5 Å². The number of rotatable bonds is 3. The first kappa shape index (κ1) is 15.7. The maximum Gasteiger partial charge on any atom is 0.246 e. The molecule has 1 saturated heterocycles. The Hall–Kier alpha value is -2.21. The Labute approximate surface area is 138 Å². The molecule has 122 valence electrons.